The topological polar surface area (TPSA) is 77.5 Å². The van der Waals surface area contributed by atoms with Crippen molar-refractivity contribution in [3.8, 4) is 11.5 Å². The van der Waals surface area contributed by atoms with Crippen molar-refractivity contribution in [2.45, 2.75) is 20.5 Å². The number of nitrogens with zero attached hydrogens (tertiary/aromatic N) is 1. The second-order valence-electron chi connectivity index (χ2n) is 6.62. The van der Waals surface area contributed by atoms with Crippen LogP contribution in [0.1, 0.15) is 33.4 Å². The summed E-state index contributed by atoms with van der Waals surface area (Å²) in [6.45, 7) is 3.62. The third kappa shape index (κ3) is 6.02. The Kier molecular flexibility index (Phi) is 7.59. The minimum atomic E-state index is -0.344. The molecule has 0 radical (unpaired) electrons. The second kappa shape index (κ2) is 10.4. The Morgan fingerprint density at radius 2 is 1.97 bits per heavy atom. The summed E-state index contributed by atoms with van der Waals surface area (Å²) >= 11 is 4.68. The predicted molar refractivity (Wildman–Crippen MR) is 126 cm³/mol. The molecule has 0 atom stereocenters. The fourth-order valence-corrected chi connectivity index (χ4v) is 4.24. The van der Waals surface area contributed by atoms with Crippen molar-refractivity contribution in [1.29, 1.82) is 0 Å². The van der Waals surface area contributed by atoms with Crippen LogP contribution in [-0.2, 0) is 11.4 Å². The van der Waals surface area contributed by atoms with E-state index in [2.05, 4.69) is 26.2 Å². The molecule has 0 fully saturated rings. The predicted octanol–water partition coefficient (Wildman–Crippen LogP) is 5.66. The van der Waals surface area contributed by atoms with Crippen molar-refractivity contribution in [2.75, 3.05) is 12.4 Å². The number of nitrogens with one attached hydrogen (secondary N) is 1. The van der Waals surface area contributed by atoms with Crippen LogP contribution in [0.2, 0.25) is 0 Å². The van der Waals surface area contributed by atoms with E-state index in [1.165, 1.54) is 13.0 Å². The number of benzene rings is 2. The molecule has 160 valence electrons. The Hall–Kier alpha value is -2.97. The molecule has 0 saturated carbocycles. The van der Waals surface area contributed by atoms with Gasteiger partial charge in [0.2, 0.25) is 5.91 Å². The van der Waals surface area contributed by atoms with Gasteiger partial charge in [0.15, 0.2) is 22.4 Å². The number of hydrogen-bond acceptors (Lipinski definition) is 6. The maximum atomic E-state index is 12.3. The molecule has 0 aliphatic carbocycles. The summed E-state index contributed by atoms with van der Waals surface area (Å²) in [4.78, 5) is 28.6. The molecule has 3 aromatic rings. The molecular weight excluding hydrogens is 480 g/mol. The molecule has 0 aliphatic rings. The zero-order chi connectivity index (χ0) is 22.4. The zero-order valence-electron chi connectivity index (χ0n) is 17.3. The van der Waals surface area contributed by atoms with Gasteiger partial charge in [-0.1, -0.05) is 41.7 Å². The highest BCUT2D eigenvalue weighted by atomic mass is 79.9. The van der Waals surface area contributed by atoms with E-state index >= 15 is 0 Å². The minimum Gasteiger partial charge on any atom is -0.493 e. The third-order valence-corrected chi connectivity index (χ3v) is 6.01. The molecule has 0 saturated heterocycles. The number of amides is 1. The van der Waals surface area contributed by atoms with Gasteiger partial charge < -0.3 is 9.47 Å². The average Bonchev–Trinajstić information content (AvgIpc) is 3.12. The number of rotatable bonds is 8. The van der Waals surface area contributed by atoms with Crippen molar-refractivity contribution in [2.24, 2.45) is 0 Å². The van der Waals surface area contributed by atoms with Crippen LogP contribution in [-0.4, -0.2) is 23.8 Å². The average molecular weight is 501 g/mol. The minimum absolute atomic E-state index is 0.0717. The van der Waals surface area contributed by atoms with Gasteiger partial charge in [-0.15, -0.1) is 0 Å². The van der Waals surface area contributed by atoms with Crippen molar-refractivity contribution in [3.63, 3.8) is 0 Å². The van der Waals surface area contributed by atoms with E-state index in [1.807, 2.05) is 36.4 Å². The lowest BCUT2D eigenvalue weighted by Crippen LogP contribution is -2.07. The first-order valence-corrected chi connectivity index (χ1v) is 11.0. The number of halogens is 1. The van der Waals surface area contributed by atoms with Gasteiger partial charge in [-0.2, -0.15) is 0 Å². The molecule has 2 aromatic carbocycles. The van der Waals surface area contributed by atoms with Gasteiger partial charge in [-0.05, 0) is 52.2 Å². The van der Waals surface area contributed by atoms with Gasteiger partial charge >= 0.3 is 0 Å². The summed E-state index contributed by atoms with van der Waals surface area (Å²) in [7, 11) is 1.56. The number of hydrogen-bond donors (Lipinski definition) is 1. The largest absolute Gasteiger partial charge is 0.493 e. The second-order valence-corrected chi connectivity index (χ2v) is 8.47. The molecule has 1 heterocycles. The van der Waals surface area contributed by atoms with Crippen molar-refractivity contribution >= 4 is 50.2 Å². The highest BCUT2D eigenvalue weighted by Crippen LogP contribution is 2.37. The number of anilines is 1. The summed E-state index contributed by atoms with van der Waals surface area (Å²) in [6, 6.07) is 13.5. The lowest BCUT2D eigenvalue weighted by molar-refractivity contribution is -0.111. The van der Waals surface area contributed by atoms with E-state index in [0.29, 0.717) is 38.3 Å². The maximum absolute atomic E-state index is 12.3. The smallest absolute Gasteiger partial charge is 0.250 e. The van der Waals surface area contributed by atoms with Crippen molar-refractivity contribution in [1.82, 2.24) is 4.98 Å². The molecule has 1 N–H and O–H groups in total. The molecule has 0 aliphatic heterocycles. The molecule has 3 rings (SSSR count). The summed E-state index contributed by atoms with van der Waals surface area (Å²) in [6.07, 6.45) is 3.06. The summed E-state index contributed by atoms with van der Waals surface area (Å²) < 4.78 is 12.1. The van der Waals surface area contributed by atoms with Crippen LogP contribution >= 0.6 is 27.3 Å². The SMILES string of the molecule is COc1cc(C=CC(=O)Nc2nc(C)c(C(C)=O)s2)cc(Br)c1OCc1ccccc1. The first kappa shape index (κ1) is 22.7. The third-order valence-electron chi connectivity index (χ3n) is 4.25. The highest BCUT2D eigenvalue weighted by molar-refractivity contribution is 9.10. The first-order chi connectivity index (χ1) is 14.9. The summed E-state index contributed by atoms with van der Waals surface area (Å²) in [5.41, 5.74) is 2.41. The molecule has 1 amide bonds. The van der Waals surface area contributed by atoms with Crippen LogP contribution in [0.15, 0.2) is 53.0 Å². The highest BCUT2D eigenvalue weighted by Gasteiger charge is 2.13. The number of Topliss-reactive ketones (excluding diaryl/α,β-unsaturated/α-hetero) is 1. The quantitative estimate of drug-likeness (QED) is 0.319. The number of methoxy groups -OCH3 is 1. The Morgan fingerprint density at radius 1 is 1.23 bits per heavy atom. The maximum Gasteiger partial charge on any atom is 0.250 e. The number of aryl methyl sites for hydroxylation is 1. The van der Waals surface area contributed by atoms with E-state index in [1.54, 1.807) is 26.2 Å². The van der Waals surface area contributed by atoms with Gasteiger partial charge in [0.1, 0.15) is 6.61 Å². The van der Waals surface area contributed by atoms with Crippen molar-refractivity contribution in [3.05, 3.63) is 74.7 Å². The molecule has 8 heteroatoms. The Balaban J connectivity index is 1.70. The normalized spacial score (nSPS) is 10.8. The van der Waals surface area contributed by atoms with Crippen LogP contribution in [0.25, 0.3) is 6.08 Å². The Bertz CT molecular complexity index is 1130. The van der Waals surface area contributed by atoms with E-state index < -0.39 is 0 Å². The van der Waals surface area contributed by atoms with Gasteiger partial charge in [-0.3, -0.25) is 14.9 Å². The number of ether oxygens (including phenoxy) is 2. The van der Waals surface area contributed by atoms with Gasteiger partial charge in [0, 0.05) is 13.0 Å². The number of aromatic nitrogens is 1. The van der Waals surface area contributed by atoms with Crippen LogP contribution in [0.5, 0.6) is 11.5 Å². The molecule has 0 unspecified atom stereocenters. The van der Waals surface area contributed by atoms with E-state index in [-0.39, 0.29) is 11.7 Å². The van der Waals surface area contributed by atoms with Gasteiger partial charge in [0.05, 0.1) is 22.2 Å². The van der Waals surface area contributed by atoms with Crippen LogP contribution < -0.4 is 14.8 Å². The van der Waals surface area contributed by atoms with Gasteiger partial charge in [0.25, 0.3) is 0 Å². The summed E-state index contributed by atoms with van der Waals surface area (Å²) in [5.74, 6) is 0.718. The summed E-state index contributed by atoms with van der Waals surface area (Å²) in [5, 5.41) is 3.07. The van der Waals surface area contributed by atoms with E-state index in [0.717, 1.165) is 22.5 Å². The number of thiazole rings is 1. The molecular formula is C23H21BrN2O4S. The number of carbonyl (C=O) groups is 2. The van der Waals surface area contributed by atoms with Crippen LogP contribution in [0.4, 0.5) is 5.13 Å². The van der Waals surface area contributed by atoms with E-state index in [4.69, 9.17) is 9.47 Å². The fourth-order valence-electron chi connectivity index (χ4n) is 2.80. The lowest BCUT2D eigenvalue weighted by Gasteiger charge is -2.13. The Labute approximate surface area is 193 Å². The molecule has 1 aromatic heterocycles. The van der Waals surface area contributed by atoms with E-state index in [9.17, 15) is 9.59 Å². The lowest BCUT2D eigenvalue weighted by atomic mass is 10.2. The molecule has 6 nitrogen and oxygen atoms in total. The Morgan fingerprint density at radius 3 is 2.61 bits per heavy atom. The molecule has 0 spiro atoms. The number of carbonyl (C=O) groups excluding carboxylic acids is 2. The van der Waals surface area contributed by atoms with Gasteiger partial charge in [-0.25, -0.2) is 4.98 Å². The molecule has 31 heavy (non-hydrogen) atoms. The monoisotopic (exact) mass is 500 g/mol. The van der Waals surface area contributed by atoms with Crippen LogP contribution in [0, 0.1) is 6.92 Å². The first-order valence-electron chi connectivity index (χ1n) is 9.39. The fraction of sp³-hybridized carbons (Fsp3) is 0.174. The number of ketones is 1. The molecule has 0 bridgehead atoms. The van der Waals surface area contributed by atoms with Crippen LogP contribution in [0.3, 0.4) is 0 Å². The zero-order valence-corrected chi connectivity index (χ0v) is 19.7. The van der Waals surface area contributed by atoms with Crippen molar-refractivity contribution < 1.29 is 19.1 Å². The standard InChI is InChI=1S/C23H21BrN2O4S/c1-14-22(15(2)27)31-23(25-14)26-20(28)10-9-17-11-18(24)21(19(12-17)29-3)30-13-16-7-5-4-6-8-16/h4-12H,13H2,1-3H3,(H,25,26,28).